The molecule has 18 heavy (non-hydrogen) atoms. The molecule has 0 atom stereocenters. The lowest BCUT2D eigenvalue weighted by molar-refractivity contribution is 0.196. The number of rotatable bonds is 3. The van der Waals surface area contributed by atoms with Gasteiger partial charge < -0.3 is 10.9 Å². The zero-order chi connectivity index (χ0) is 13.0. The van der Waals surface area contributed by atoms with Crippen LogP contribution in [0.3, 0.4) is 0 Å². The summed E-state index contributed by atoms with van der Waals surface area (Å²) in [4.78, 5) is 6.78. The first-order valence-corrected chi connectivity index (χ1v) is 6.31. The highest BCUT2D eigenvalue weighted by atomic mass is 16.4. The summed E-state index contributed by atoms with van der Waals surface area (Å²) >= 11 is 0. The van der Waals surface area contributed by atoms with E-state index in [1.807, 2.05) is 12.3 Å². The SMILES string of the molecule is Cc1cccnc1CN1CCC(/C(N)=N/O)CC1. The van der Waals surface area contributed by atoms with Gasteiger partial charge in [-0.25, -0.2) is 0 Å². The van der Waals surface area contributed by atoms with E-state index in [0.717, 1.165) is 38.2 Å². The second-order valence-corrected chi connectivity index (χ2v) is 4.84. The van der Waals surface area contributed by atoms with Crippen LogP contribution in [0.5, 0.6) is 0 Å². The number of likely N-dealkylation sites (tertiary alicyclic amines) is 1. The molecule has 0 bridgehead atoms. The van der Waals surface area contributed by atoms with Crippen LogP contribution in [0.1, 0.15) is 24.1 Å². The topological polar surface area (TPSA) is 74.7 Å². The fourth-order valence-electron chi connectivity index (χ4n) is 2.36. The third kappa shape index (κ3) is 2.98. The minimum Gasteiger partial charge on any atom is -0.409 e. The number of pyridine rings is 1. The van der Waals surface area contributed by atoms with Gasteiger partial charge in [-0.1, -0.05) is 11.2 Å². The van der Waals surface area contributed by atoms with Crippen molar-refractivity contribution in [3.05, 3.63) is 29.6 Å². The highest BCUT2D eigenvalue weighted by Crippen LogP contribution is 2.19. The molecule has 0 aromatic carbocycles. The molecule has 98 valence electrons. The highest BCUT2D eigenvalue weighted by Gasteiger charge is 2.22. The molecule has 5 nitrogen and oxygen atoms in total. The molecule has 1 saturated heterocycles. The number of hydrogen-bond acceptors (Lipinski definition) is 4. The number of nitrogens with zero attached hydrogens (tertiary/aromatic N) is 3. The molecule has 1 fully saturated rings. The van der Waals surface area contributed by atoms with Gasteiger partial charge in [0.2, 0.25) is 0 Å². The quantitative estimate of drug-likeness (QED) is 0.366. The van der Waals surface area contributed by atoms with Crippen molar-refractivity contribution in [1.29, 1.82) is 0 Å². The van der Waals surface area contributed by atoms with E-state index >= 15 is 0 Å². The molecule has 1 aromatic rings. The molecule has 0 radical (unpaired) electrons. The van der Waals surface area contributed by atoms with Crippen LogP contribution < -0.4 is 5.73 Å². The van der Waals surface area contributed by atoms with Crippen molar-refractivity contribution in [2.45, 2.75) is 26.3 Å². The van der Waals surface area contributed by atoms with E-state index in [9.17, 15) is 0 Å². The van der Waals surface area contributed by atoms with Crippen molar-refractivity contribution in [2.75, 3.05) is 13.1 Å². The first-order valence-electron chi connectivity index (χ1n) is 6.31. The van der Waals surface area contributed by atoms with E-state index in [4.69, 9.17) is 10.9 Å². The molecule has 0 amide bonds. The number of hydrogen-bond donors (Lipinski definition) is 2. The van der Waals surface area contributed by atoms with Crippen molar-refractivity contribution in [3.63, 3.8) is 0 Å². The lowest BCUT2D eigenvalue weighted by Crippen LogP contribution is -2.38. The van der Waals surface area contributed by atoms with Gasteiger partial charge in [-0.2, -0.15) is 0 Å². The van der Waals surface area contributed by atoms with Crippen LogP contribution in [0.2, 0.25) is 0 Å². The predicted octanol–water partition coefficient (Wildman–Crippen LogP) is 1.35. The number of aryl methyl sites for hydroxylation is 1. The van der Waals surface area contributed by atoms with Crippen molar-refractivity contribution in [2.24, 2.45) is 16.8 Å². The van der Waals surface area contributed by atoms with Gasteiger partial charge in [-0.15, -0.1) is 0 Å². The Morgan fingerprint density at radius 2 is 2.28 bits per heavy atom. The van der Waals surface area contributed by atoms with E-state index in [2.05, 4.69) is 28.0 Å². The van der Waals surface area contributed by atoms with E-state index in [1.165, 1.54) is 5.56 Å². The highest BCUT2D eigenvalue weighted by molar-refractivity contribution is 5.82. The van der Waals surface area contributed by atoms with E-state index in [-0.39, 0.29) is 5.92 Å². The molecule has 3 N–H and O–H groups in total. The average molecular weight is 248 g/mol. The predicted molar refractivity (Wildman–Crippen MR) is 70.4 cm³/mol. The van der Waals surface area contributed by atoms with Crippen LogP contribution in [-0.2, 0) is 6.54 Å². The zero-order valence-electron chi connectivity index (χ0n) is 10.7. The summed E-state index contributed by atoms with van der Waals surface area (Å²) in [6, 6.07) is 4.05. The molecular formula is C13H20N4O. The Bertz CT molecular complexity index is 425. The van der Waals surface area contributed by atoms with Gasteiger partial charge in [0.05, 0.1) is 5.69 Å². The minimum absolute atomic E-state index is 0.219. The Labute approximate surface area is 107 Å². The number of aromatic nitrogens is 1. The van der Waals surface area contributed by atoms with Crippen LogP contribution in [0.4, 0.5) is 0 Å². The van der Waals surface area contributed by atoms with Crippen LogP contribution >= 0.6 is 0 Å². The molecule has 2 rings (SSSR count). The fourth-order valence-corrected chi connectivity index (χ4v) is 2.36. The maximum Gasteiger partial charge on any atom is 0.142 e. The molecule has 1 aliphatic rings. The van der Waals surface area contributed by atoms with Gasteiger partial charge in [0.15, 0.2) is 0 Å². The summed E-state index contributed by atoms with van der Waals surface area (Å²) in [5.41, 5.74) is 8.01. The van der Waals surface area contributed by atoms with Crippen molar-refractivity contribution in [3.8, 4) is 0 Å². The second-order valence-electron chi connectivity index (χ2n) is 4.84. The number of piperidine rings is 1. The van der Waals surface area contributed by atoms with Crippen LogP contribution in [0, 0.1) is 12.8 Å². The summed E-state index contributed by atoms with van der Waals surface area (Å²) in [6.45, 7) is 4.91. The molecule has 2 heterocycles. The summed E-state index contributed by atoms with van der Waals surface area (Å²) in [5.74, 6) is 0.583. The normalized spacial score (nSPS) is 19.1. The Morgan fingerprint density at radius 1 is 1.56 bits per heavy atom. The summed E-state index contributed by atoms with van der Waals surface area (Å²) in [5, 5.41) is 11.8. The van der Waals surface area contributed by atoms with Crippen LogP contribution in [0.25, 0.3) is 0 Å². The number of nitrogens with two attached hydrogens (primary N) is 1. The molecular weight excluding hydrogens is 228 g/mol. The molecule has 0 saturated carbocycles. The van der Waals surface area contributed by atoms with E-state index < -0.39 is 0 Å². The summed E-state index contributed by atoms with van der Waals surface area (Å²) in [6.07, 6.45) is 3.73. The third-order valence-electron chi connectivity index (χ3n) is 3.61. The third-order valence-corrected chi connectivity index (χ3v) is 3.61. The average Bonchev–Trinajstić information content (AvgIpc) is 2.41. The fraction of sp³-hybridized carbons (Fsp3) is 0.538. The monoisotopic (exact) mass is 248 g/mol. The molecule has 0 unspecified atom stereocenters. The lowest BCUT2D eigenvalue weighted by Gasteiger charge is -2.31. The Kier molecular flexibility index (Phi) is 4.15. The lowest BCUT2D eigenvalue weighted by atomic mass is 9.95. The molecule has 1 aromatic heterocycles. The van der Waals surface area contributed by atoms with Crippen molar-refractivity contribution >= 4 is 5.84 Å². The van der Waals surface area contributed by atoms with Gasteiger partial charge >= 0.3 is 0 Å². The Hall–Kier alpha value is -1.62. The number of amidine groups is 1. The second kappa shape index (κ2) is 5.82. The van der Waals surface area contributed by atoms with Crippen molar-refractivity contribution in [1.82, 2.24) is 9.88 Å². The van der Waals surface area contributed by atoms with E-state index in [0.29, 0.717) is 5.84 Å². The van der Waals surface area contributed by atoms with Crippen LogP contribution in [0.15, 0.2) is 23.5 Å². The standard InChI is InChI=1S/C13H20N4O/c1-10-3-2-6-15-12(10)9-17-7-4-11(5-8-17)13(14)16-18/h2-3,6,11,18H,4-5,7-9H2,1H3,(H2,14,16). The Morgan fingerprint density at radius 3 is 2.89 bits per heavy atom. The van der Waals surface area contributed by atoms with Crippen molar-refractivity contribution < 1.29 is 5.21 Å². The van der Waals surface area contributed by atoms with Gasteiger partial charge in [0.25, 0.3) is 0 Å². The molecule has 0 spiro atoms. The van der Waals surface area contributed by atoms with E-state index in [1.54, 1.807) is 0 Å². The number of oxime groups is 1. The molecule has 5 heteroatoms. The van der Waals surface area contributed by atoms with Crippen LogP contribution in [-0.4, -0.2) is 34.0 Å². The largest absolute Gasteiger partial charge is 0.409 e. The van der Waals surface area contributed by atoms with Gasteiger partial charge in [-0.05, 0) is 44.5 Å². The summed E-state index contributed by atoms with van der Waals surface area (Å²) in [7, 11) is 0. The maximum atomic E-state index is 8.66. The van der Waals surface area contributed by atoms with Gasteiger partial charge in [-0.3, -0.25) is 9.88 Å². The maximum absolute atomic E-state index is 8.66. The smallest absolute Gasteiger partial charge is 0.142 e. The summed E-state index contributed by atoms with van der Waals surface area (Å²) < 4.78 is 0. The Balaban J connectivity index is 1.89. The first kappa shape index (κ1) is 12.8. The molecule has 1 aliphatic heterocycles. The molecule has 0 aliphatic carbocycles. The zero-order valence-corrected chi connectivity index (χ0v) is 10.7. The van der Waals surface area contributed by atoms with Gasteiger partial charge in [0.1, 0.15) is 5.84 Å². The minimum atomic E-state index is 0.219. The first-order chi connectivity index (χ1) is 8.70. The van der Waals surface area contributed by atoms with Gasteiger partial charge in [0, 0.05) is 18.7 Å².